The SMILES string of the molecule is Cc1ncc(CO)c(-c2cnc(-c3c(CO)cnc(C)c3O)[nH]2)c1O. The Kier molecular flexibility index (Phi) is 4.39. The van der Waals surface area contributed by atoms with Crippen molar-refractivity contribution in [2.45, 2.75) is 27.1 Å². The number of aromatic amines is 1. The van der Waals surface area contributed by atoms with Crippen LogP contribution >= 0.6 is 0 Å². The fraction of sp³-hybridized carbons (Fsp3) is 0.235. The van der Waals surface area contributed by atoms with Gasteiger partial charge in [0.2, 0.25) is 0 Å². The highest BCUT2D eigenvalue weighted by molar-refractivity contribution is 5.75. The van der Waals surface area contributed by atoms with Crippen molar-refractivity contribution in [3.05, 3.63) is 41.1 Å². The van der Waals surface area contributed by atoms with Crippen LogP contribution < -0.4 is 0 Å². The van der Waals surface area contributed by atoms with E-state index >= 15 is 0 Å². The third kappa shape index (κ3) is 2.81. The molecule has 3 aromatic heterocycles. The minimum atomic E-state index is -0.312. The lowest BCUT2D eigenvalue weighted by Crippen LogP contribution is -1.97. The van der Waals surface area contributed by atoms with E-state index in [0.717, 1.165) is 0 Å². The second kappa shape index (κ2) is 6.50. The number of rotatable bonds is 4. The maximum Gasteiger partial charge on any atom is 0.148 e. The molecule has 0 aliphatic rings. The van der Waals surface area contributed by atoms with Crippen LogP contribution in [0.3, 0.4) is 0 Å². The first-order valence-corrected chi connectivity index (χ1v) is 7.60. The van der Waals surface area contributed by atoms with Crippen molar-refractivity contribution in [1.29, 1.82) is 0 Å². The average Bonchev–Trinajstić information content (AvgIpc) is 3.08. The summed E-state index contributed by atoms with van der Waals surface area (Å²) in [5.74, 6) is 0.184. The summed E-state index contributed by atoms with van der Waals surface area (Å²) in [5.41, 5.74) is 2.88. The second-order valence-electron chi connectivity index (χ2n) is 5.65. The van der Waals surface area contributed by atoms with Crippen LogP contribution in [0.25, 0.3) is 22.6 Å². The van der Waals surface area contributed by atoms with E-state index in [4.69, 9.17) is 0 Å². The normalized spacial score (nSPS) is 11.0. The molecule has 0 bridgehead atoms. The number of aliphatic hydroxyl groups is 2. The van der Waals surface area contributed by atoms with Gasteiger partial charge in [-0.1, -0.05) is 0 Å². The number of aromatic nitrogens is 4. The monoisotopic (exact) mass is 342 g/mol. The van der Waals surface area contributed by atoms with Gasteiger partial charge in [-0.3, -0.25) is 9.97 Å². The van der Waals surface area contributed by atoms with Crippen LogP contribution in [0.4, 0.5) is 0 Å². The summed E-state index contributed by atoms with van der Waals surface area (Å²) in [6.07, 6.45) is 4.44. The average molecular weight is 342 g/mol. The summed E-state index contributed by atoms with van der Waals surface area (Å²) in [5, 5.41) is 39.7. The highest BCUT2D eigenvalue weighted by atomic mass is 16.3. The largest absolute Gasteiger partial charge is 0.505 e. The van der Waals surface area contributed by atoms with Gasteiger partial charge in [0, 0.05) is 23.5 Å². The van der Waals surface area contributed by atoms with E-state index in [2.05, 4.69) is 19.9 Å². The van der Waals surface area contributed by atoms with E-state index < -0.39 is 0 Å². The summed E-state index contributed by atoms with van der Waals surface area (Å²) in [7, 11) is 0. The van der Waals surface area contributed by atoms with Crippen molar-refractivity contribution in [3.63, 3.8) is 0 Å². The summed E-state index contributed by atoms with van der Waals surface area (Å²) in [6.45, 7) is 2.69. The molecule has 0 amide bonds. The number of aliphatic hydroxyl groups excluding tert-OH is 2. The van der Waals surface area contributed by atoms with Crippen LogP contribution in [-0.2, 0) is 13.2 Å². The first-order chi connectivity index (χ1) is 12.0. The number of hydrogen-bond acceptors (Lipinski definition) is 7. The predicted molar refractivity (Wildman–Crippen MR) is 89.7 cm³/mol. The van der Waals surface area contributed by atoms with Gasteiger partial charge in [0.1, 0.15) is 17.3 Å². The van der Waals surface area contributed by atoms with Gasteiger partial charge in [0.05, 0.1) is 47.6 Å². The van der Waals surface area contributed by atoms with Crippen molar-refractivity contribution in [1.82, 2.24) is 19.9 Å². The summed E-state index contributed by atoms with van der Waals surface area (Å²) >= 11 is 0. The topological polar surface area (TPSA) is 135 Å². The van der Waals surface area contributed by atoms with Crippen LogP contribution in [0.1, 0.15) is 22.5 Å². The van der Waals surface area contributed by atoms with Gasteiger partial charge in [-0.25, -0.2) is 4.98 Å². The number of nitrogens with one attached hydrogen (secondary N) is 1. The van der Waals surface area contributed by atoms with E-state index in [0.29, 0.717) is 45.2 Å². The Balaban J connectivity index is 2.18. The van der Waals surface area contributed by atoms with E-state index in [1.165, 1.54) is 18.6 Å². The van der Waals surface area contributed by atoms with E-state index in [9.17, 15) is 20.4 Å². The van der Waals surface area contributed by atoms with Gasteiger partial charge in [0.15, 0.2) is 0 Å². The smallest absolute Gasteiger partial charge is 0.148 e. The zero-order chi connectivity index (χ0) is 18.1. The van der Waals surface area contributed by atoms with Crippen molar-refractivity contribution < 1.29 is 20.4 Å². The van der Waals surface area contributed by atoms with Crippen LogP contribution in [0.5, 0.6) is 11.5 Å². The molecule has 0 fully saturated rings. The Morgan fingerprint density at radius 3 is 1.88 bits per heavy atom. The van der Waals surface area contributed by atoms with Crippen molar-refractivity contribution >= 4 is 0 Å². The number of aromatic hydroxyl groups is 2. The predicted octanol–water partition coefficient (Wildman–Crippen LogP) is 1.55. The Labute approximate surface area is 143 Å². The molecule has 0 aliphatic carbocycles. The van der Waals surface area contributed by atoms with E-state index in [1.54, 1.807) is 13.8 Å². The van der Waals surface area contributed by atoms with E-state index in [1.807, 2.05) is 0 Å². The number of pyridine rings is 2. The molecule has 3 rings (SSSR count). The minimum Gasteiger partial charge on any atom is -0.505 e. The zero-order valence-electron chi connectivity index (χ0n) is 13.8. The molecular weight excluding hydrogens is 324 g/mol. The quantitative estimate of drug-likeness (QED) is 0.485. The molecule has 0 aliphatic heterocycles. The van der Waals surface area contributed by atoms with Crippen LogP contribution in [0, 0.1) is 13.8 Å². The Hall–Kier alpha value is -2.97. The third-order valence-corrected chi connectivity index (χ3v) is 4.05. The van der Waals surface area contributed by atoms with Crippen molar-refractivity contribution in [2.75, 3.05) is 0 Å². The molecular formula is C17H18N4O4. The molecule has 0 aromatic carbocycles. The molecule has 3 aromatic rings. The maximum atomic E-state index is 10.3. The Bertz CT molecular complexity index is 863. The lowest BCUT2D eigenvalue weighted by molar-refractivity contribution is 0.281. The standard InChI is InChI=1S/C17H18N4O4/c1-8-15(24)13(10(6-22)3-18-8)12-5-20-17(21-12)14-11(7-23)4-19-9(2)16(14)25/h3-5,22-25H,6-7H2,1-2H3,(H,20,21). The minimum absolute atomic E-state index is 0.0562. The van der Waals surface area contributed by atoms with Crippen LogP contribution in [-0.4, -0.2) is 40.4 Å². The molecule has 0 saturated heterocycles. The molecule has 130 valence electrons. The van der Waals surface area contributed by atoms with Crippen LogP contribution in [0.2, 0.25) is 0 Å². The molecule has 0 spiro atoms. The fourth-order valence-corrected chi connectivity index (χ4v) is 2.65. The first-order valence-electron chi connectivity index (χ1n) is 7.60. The molecule has 0 radical (unpaired) electrons. The lowest BCUT2D eigenvalue weighted by atomic mass is 10.1. The van der Waals surface area contributed by atoms with Gasteiger partial charge < -0.3 is 25.4 Å². The molecule has 5 N–H and O–H groups in total. The molecule has 3 heterocycles. The van der Waals surface area contributed by atoms with Crippen molar-refractivity contribution in [3.8, 4) is 34.1 Å². The fourth-order valence-electron chi connectivity index (χ4n) is 2.65. The molecule has 0 saturated carbocycles. The summed E-state index contributed by atoms with van der Waals surface area (Å²) < 4.78 is 0. The lowest BCUT2D eigenvalue weighted by Gasteiger charge is -2.10. The zero-order valence-corrected chi connectivity index (χ0v) is 13.8. The molecule has 25 heavy (non-hydrogen) atoms. The third-order valence-electron chi connectivity index (χ3n) is 4.05. The number of nitrogens with zero attached hydrogens (tertiary/aromatic N) is 3. The van der Waals surface area contributed by atoms with E-state index in [-0.39, 0.29) is 24.7 Å². The summed E-state index contributed by atoms with van der Waals surface area (Å²) in [6, 6.07) is 0. The Morgan fingerprint density at radius 2 is 1.32 bits per heavy atom. The van der Waals surface area contributed by atoms with Gasteiger partial charge >= 0.3 is 0 Å². The number of imidazole rings is 1. The first kappa shape index (κ1) is 16.9. The molecule has 0 unspecified atom stereocenters. The molecule has 8 nitrogen and oxygen atoms in total. The van der Waals surface area contributed by atoms with Crippen molar-refractivity contribution in [2.24, 2.45) is 0 Å². The molecule has 8 heteroatoms. The number of hydrogen-bond donors (Lipinski definition) is 5. The Morgan fingerprint density at radius 1 is 0.800 bits per heavy atom. The van der Waals surface area contributed by atoms with Gasteiger partial charge in [-0.05, 0) is 13.8 Å². The highest BCUT2D eigenvalue weighted by Crippen LogP contribution is 2.37. The van der Waals surface area contributed by atoms with Gasteiger partial charge in [-0.2, -0.15) is 0 Å². The van der Waals surface area contributed by atoms with Gasteiger partial charge in [-0.15, -0.1) is 0 Å². The molecule has 0 atom stereocenters. The highest BCUT2D eigenvalue weighted by Gasteiger charge is 2.20. The number of aryl methyl sites for hydroxylation is 2. The van der Waals surface area contributed by atoms with Crippen LogP contribution in [0.15, 0.2) is 18.6 Å². The second-order valence-corrected chi connectivity index (χ2v) is 5.65. The maximum absolute atomic E-state index is 10.3. The van der Waals surface area contributed by atoms with Gasteiger partial charge in [0.25, 0.3) is 0 Å². The summed E-state index contributed by atoms with van der Waals surface area (Å²) in [4.78, 5) is 15.3. The number of H-pyrrole nitrogens is 1.